The molecule has 6 aromatic rings. The lowest BCUT2D eigenvalue weighted by Gasteiger charge is -2.21. The number of carbonyl (C=O) groups is 1. The average molecular weight is 486 g/mol. The van der Waals surface area contributed by atoms with Gasteiger partial charge < -0.3 is 4.57 Å². The minimum atomic E-state index is -3.80. The van der Waals surface area contributed by atoms with Gasteiger partial charge in [-0.1, -0.05) is 66.7 Å². The Morgan fingerprint density at radius 3 is 2.08 bits per heavy atom. The largest absolute Gasteiger partial charge is 0.309 e. The molecular weight excluding hydrogens is 466 g/mol. The molecule has 0 atom stereocenters. The van der Waals surface area contributed by atoms with Crippen LogP contribution >= 0.6 is 0 Å². The summed E-state index contributed by atoms with van der Waals surface area (Å²) in [6.07, 6.45) is 0. The van der Waals surface area contributed by atoms with Gasteiger partial charge in [0.25, 0.3) is 0 Å². The van der Waals surface area contributed by atoms with Crippen LogP contribution in [-0.4, -0.2) is 18.8 Å². The van der Waals surface area contributed by atoms with Crippen LogP contribution in [0.25, 0.3) is 38.6 Å². The highest BCUT2D eigenvalue weighted by molar-refractivity contribution is 7.91. The van der Waals surface area contributed by atoms with Crippen molar-refractivity contribution >= 4 is 37.4 Å². The second-order valence-electron chi connectivity index (χ2n) is 8.93. The van der Waals surface area contributed by atoms with Crippen molar-refractivity contribution in [1.82, 2.24) is 4.57 Å². The van der Waals surface area contributed by atoms with Gasteiger partial charge in [-0.3, -0.25) is 4.79 Å². The van der Waals surface area contributed by atoms with E-state index in [1.807, 2.05) is 48.5 Å². The van der Waals surface area contributed by atoms with Crippen molar-refractivity contribution in [2.24, 2.45) is 0 Å². The second-order valence-corrected chi connectivity index (χ2v) is 10.8. The smallest absolute Gasteiger partial charge is 0.208 e. The molecule has 0 N–H and O–H groups in total. The molecule has 0 saturated carbocycles. The van der Waals surface area contributed by atoms with Gasteiger partial charge in [-0.05, 0) is 59.7 Å². The molecule has 0 aliphatic carbocycles. The Morgan fingerprint density at radius 2 is 1.22 bits per heavy atom. The lowest BCUT2D eigenvalue weighted by Crippen LogP contribution is -2.21. The molecule has 0 amide bonds. The van der Waals surface area contributed by atoms with Crippen LogP contribution in [0.15, 0.2) is 125 Å². The summed E-state index contributed by atoms with van der Waals surface area (Å²) in [6.45, 7) is 0. The van der Waals surface area contributed by atoms with Gasteiger partial charge in [0.2, 0.25) is 9.84 Å². The summed E-state index contributed by atoms with van der Waals surface area (Å²) >= 11 is 0. The fraction of sp³-hybridized carbons (Fsp3) is 0. The number of rotatable bonds is 2. The van der Waals surface area contributed by atoms with Crippen LogP contribution < -0.4 is 0 Å². The van der Waals surface area contributed by atoms with Gasteiger partial charge in [0.1, 0.15) is 0 Å². The molecule has 0 radical (unpaired) electrons. The van der Waals surface area contributed by atoms with Crippen molar-refractivity contribution in [3.63, 3.8) is 0 Å². The second kappa shape index (κ2) is 7.51. The van der Waals surface area contributed by atoms with Crippen LogP contribution in [-0.2, 0) is 9.84 Å². The zero-order valence-corrected chi connectivity index (χ0v) is 19.9. The first-order chi connectivity index (χ1) is 17.6. The van der Waals surface area contributed by atoms with E-state index < -0.39 is 9.84 Å². The molecule has 172 valence electrons. The molecule has 0 fully saturated rings. The van der Waals surface area contributed by atoms with Crippen molar-refractivity contribution in [2.45, 2.75) is 9.79 Å². The molecule has 0 spiro atoms. The zero-order valence-electron chi connectivity index (χ0n) is 19.0. The molecule has 0 unspecified atom stereocenters. The Labute approximate surface area is 208 Å². The molecule has 4 nitrogen and oxygen atoms in total. The van der Waals surface area contributed by atoms with E-state index in [1.165, 1.54) is 12.1 Å². The summed E-state index contributed by atoms with van der Waals surface area (Å²) in [7, 11) is -3.80. The number of hydrogen-bond acceptors (Lipinski definition) is 3. The van der Waals surface area contributed by atoms with Gasteiger partial charge >= 0.3 is 0 Å². The Kier molecular flexibility index (Phi) is 4.35. The standard InChI is InChI=1S/C31H19NO3S/c33-31-24-12-5-7-15-28(24)36(34,35)29-16-8-13-22(30(29)31)20-17-18-27-25(19-20)23-11-4-6-14-26(23)32(27)21-9-2-1-3-10-21/h1-19H. The predicted octanol–water partition coefficient (Wildman–Crippen LogP) is 6.83. The molecule has 7 rings (SSSR count). The van der Waals surface area contributed by atoms with Crippen LogP contribution in [0.5, 0.6) is 0 Å². The normalized spacial score (nSPS) is 14.1. The number of ketones is 1. The quantitative estimate of drug-likeness (QED) is 0.270. The predicted molar refractivity (Wildman–Crippen MR) is 142 cm³/mol. The third-order valence-corrected chi connectivity index (χ3v) is 8.82. The zero-order chi connectivity index (χ0) is 24.4. The van der Waals surface area contributed by atoms with Gasteiger partial charge in [-0.15, -0.1) is 0 Å². The van der Waals surface area contributed by atoms with E-state index in [0.717, 1.165) is 33.1 Å². The molecular formula is C31H19NO3S. The molecule has 5 heteroatoms. The van der Waals surface area contributed by atoms with Crippen LogP contribution in [0.1, 0.15) is 15.9 Å². The van der Waals surface area contributed by atoms with Gasteiger partial charge in [0.15, 0.2) is 5.78 Å². The summed E-state index contributed by atoms with van der Waals surface area (Å²) in [5.74, 6) is -0.266. The van der Waals surface area contributed by atoms with Crippen molar-refractivity contribution in [1.29, 1.82) is 0 Å². The minimum absolute atomic E-state index is 0.0653. The number of hydrogen-bond donors (Lipinski definition) is 0. The summed E-state index contributed by atoms with van der Waals surface area (Å²) in [6, 6.07) is 36.0. The third-order valence-electron chi connectivity index (χ3n) is 6.96. The Hall–Kier alpha value is -4.48. The summed E-state index contributed by atoms with van der Waals surface area (Å²) in [4.78, 5) is 13.7. The Balaban J connectivity index is 1.51. The first-order valence-electron chi connectivity index (χ1n) is 11.7. The maximum absolute atomic E-state index is 13.6. The topological polar surface area (TPSA) is 56.1 Å². The highest BCUT2D eigenvalue weighted by Gasteiger charge is 2.36. The van der Waals surface area contributed by atoms with Crippen LogP contribution in [0.3, 0.4) is 0 Å². The number of nitrogens with zero attached hydrogens (tertiary/aromatic N) is 1. The number of carbonyl (C=O) groups excluding carboxylic acids is 1. The van der Waals surface area contributed by atoms with E-state index >= 15 is 0 Å². The number of fused-ring (bicyclic) bond motifs is 5. The van der Waals surface area contributed by atoms with Crippen LogP contribution in [0, 0.1) is 0 Å². The van der Waals surface area contributed by atoms with Gasteiger partial charge in [-0.25, -0.2) is 8.42 Å². The first-order valence-corrected chi connectivity index (χ1v) is 13.1. The van der Waals surface area contributed by atoms with E-state index in [-0.39, 0.29) is 26.7 Å². The van der Waals surface area contributed by atoms with E-state index in [0.29, 0.717) is 5.56 Å². The van der Waals surface area contributed by atoms with Crippen LogP contribution in [0.2, 0.25) is 0 Å². The lowest BCUT2D eigenvalue weighted by atomic mass is 9.92. The van der Waals surface area contributed by atoms with E-state index in [1.54, 1.807) is 24.3 Å². The fourth-order valence-corrected chi connectivity index (χ4v) is 7.04. The SMILES string of the molecule is O=C1c2ccccc2S(=O)(=O)c2cccc(-c3ccc4c(c3)c3ccccc3n4-c3ccccc3)c21. The number of benzene rings is 5. The van der Waals surface area contributed by atoms with E-state index in [2.05, 4.69) is 34.9 Å². The van der Waals surface area contributed by atoms with Crippen molar-refractivity contribution in [3.05, 3.63) is 126 Å². The van der Waals surface area contributed by atoms with E-state index in [4.69, 9.17) is 0 Å². The third kappa shape index (κ3) is 2.81. The summed E-state index contributed by atoms with van der Waals surface area (Å²) < 4.78 is 29.1. The molecule has 1 aliphatic heterocycles. The van der Waals surface area contributed by atoms with Crippen molar-refractivity contribution in [2.75, 3.05) is 0 Å². The fourth-order valence-electron chi connectivity index (χ4n) is 5.37. The molecule has 36 heavy (non-hydrogen) atoms. The monoisotopic (exact) mass is 485 g/mol. The van der Waals surface area contributed by atoms with Crippen molar-refractivity contribution in [3.8, 4) is 16.8 Å². The molecule has 0 bridgehead atoms. The Morgan fingerprint density at radius 1 is 0.556 bits per heavy atom. The van der Waals surface area contributed by atoms with Crippen molar-refractivity contribution < 1.29 is 13.2 Å². The van der Waals surface area contributed by atoms with Gasteiger partial charge in [0.05, 0.1) is 20.8 Å². The summed E-state index contributed by atoms with van der Waals surface area (Å²) in [5.41, 5.74) is 5.07. The number of aromatic nitrogens is 1. The molecule has 1 aromatic heterocycles. The average Bonchev–Trinajstić information content (AvgIpc) is 3.26. The lowest BCUT2D eigenvalue weighted by molar-refractivity contribution is 0.103. The molecule has 2 heterocycles. The summed E-state index contributed by atoms with van der Waals surface area (Å²) in [5, 5.41) is 2.13. The maximum Gasteiger partial charge on any atom is 0.208 e. The Bertz CT molecular complexity index is 1970. The molecule has 0 saturated heterocycles. The van der Waals surface area contributed by atoms with E-state index in [9.17, 15) is 13.2 Å². The number of para-hydroxylation sites is 2. The van der Waals surface area contributed by atoms with Gasteiger partial charge in [0, 0.05) is 27.6 Å². The highest BCUT2D eigenvalue weighted by Crippen LogP contribution is 2.41. The highest BCUT2D eigenvalue weighted by atomic mass is 32.2. The minimum Gasteiger partial charge on any atom is -0.309 e. The molecule has 5 aromatic carbocycles. The van der Waals surface area contributed by atoms with Gasteiger partial charge in [-0.2, -0.15) is 0 Å². The first kappa shape index (κ1) is 20.9. The maximum atomic E-state index is 13.6. The molecule has 1 aliphatic rings. The number of sulfone groups is 1. The van der Waals surface area contributed by atoms with Crippen LogP contribution in [0.4, 0.5) is 0 Å².